The smallest absolute Gasteiger partial charge is 0.180 e. The van der Waals surface area contributed by atoms with Gasteiger partial charge in [-0.05, 0) is 48.0 Å². The molecule has 0 fully saturated rings. The Balaban J connectivity index is 3.29. The van der Waals surface area contributed by atoms with Gasteiger partial charge in [0.2, 0.25) is 0 Å². The molecule has 0 saturated heterocycles. The molecule has 0 aliphatic heterocycles. The van der Waals surface area contributed by atoms with E-state index in [2.05, 4.69) is 15.9 Å². The average Bonchev–Trinajstić information content (AvgIpc) is 2.09. The van der Waals surface area contributed by atoms with Crippen molar-refractivity contribution in [3.63, 3.8) is 0 Å². The third-order valence-electron chi connectivity index (χ3n) is 1.84. The minimum absolute atomic E-state index is 0.265. The van der Waals surface area contributed by atoms with Crippen molar-refractivity contribution < 1.29 is 8.42 Å². The molecule has 0 spiro atoms. The quantitative estimate of drug-likeness (QED) is 0.839. The minimum Gasteiger partial charge on any atom is -0.223 e. The second-order valence-corrected chi connectivity index (χ2v) is 6.94. The van der Waals surface area contributed by atoms with Gasteiger partial charge in [0.1, 0.15) is 0 Å². The molecule has 1 aromatic rings. The Morgan fingerprint density at radius 2 is 1.93 bits per heavy atom. The van der Waals surface area contributed by atoms with Crippen molar-refractivity contribution in [2.45, 2.75) is 24.0 Å². The first-order chi connectivity index (χ1) is 6.35. The molecule has 5 heteroatoms. The lowest BCUT2D eigenvalue weighted by Gasteiger charge is -2.08. The Morgan fingerprint density at radius 3 is 2.36 bits per heavy atom. The molecule has 0 saturated carbocycles. The van der Waals surface area contributed by atoms with E-state index in [0.717, 1.165) is 0 Å². The predicted molar refractivity (Wildman–Crippen MR) is 61.5 cm³/mol. The third-order valence-corrected chi connectivity index (χ3v) is 5.22. The van der Waals surface area contributed by atoms with Crippen LogP contribution in [0.4, 0.5) is 0 Å². The van der Waals surface area contributed by atoms with Gasteiger partial charge in [-0.25, -0.2) is 8.42 Å². The van der Waals surface area contributed by atoms with Crippen LogP contribution < -0.4 is 0 Å². The average molecular weight is 298 g/mol. The molecule has 0 aliphatic rings. The Hall–Kier alpha value is -0.0600. The Kier molecular flexibility index (Phi) is 3.61. The summed E-state index contributed by atoms with van der Waals surface area (Å²) in [5, 5.41) is -0.0218. The Bertz CT molecular complexity index is 440. The second-order valence-electron chi connectivity index (χ2n) is 3.17. The fourth-order valence-corrected chi connectivity index (χ4v) is 2.50. The molecule has 0 heterocycles. The zero-order chi connectivity index (χ0) is 10.9. The first-order valence-electron chi connectivity index (χ1n) is 4.04. The zero-order valence-corrected chi connectivity index (χ0v) is 10.9. The van der Waals surface area contributed by atoms with Crippen LogP contribution in [0.5, 0.6) is 0 Å². The van der Waals surface area contributed by atoms with Crippen LogP contribution in [-0.4, -0.2) is 13.7 Å². The van der Waals surface area contributed by atoms with Gasteiger partial charge in [0, 0.05) is 4.47 Å². The molecule has 0 N–H and O–H groups in total. The van der Waals surface area contributed by atoms with Gasteiger partial charge in [0.25, 0.3) is 0 Å². The molecule has 14 heavy (non-hydrogen) atoms. The highest BCUT2D eigenvalue weighted by molar-refractivity contribution is 9.10. The van der Waals surface area contributed by atoms with E-state index in [9.17, 15) is 8.42 Å². The fourth-order valence-electron chi connectivity index (χ4n) is 0.926. The van der Waals surface area contributed by atoms with Gasteiger partial charge in [-0.2, -0.15) is 0 Å². The molecule has 1 rings (SSSR count). The molecule has 0 bridgehead atoms. The van der Waals surface area contributed by atoms with Gasteiger partial charge in [0.05, 0.1) is 15.2 Å². The zero-order valence-electron chi connectivity index (χ0n) is 7.79. The summed E-state index contributed by atoms with van der Waals surface area (Å²) < 4.78 is 24.1. The topological polar surface area (TPSA) is 34.1 Å². The van der Waals surface area contributed by atoms with Gasteiger partial charge < -0.3 is 0 Å². The largest absolute Gasteiger partial charge is 0.223 e. The SMILES string of the molecule is CC(C)S(=O)(=O)c1ccc(Br)c(Cl)c1. The highest BCUT2D eigenvalue weighted by Crippen LogP contribution is 2.26. The second kappa shape index (κ2) is 4.21. The standard InChI is InChI=1S/C9H10BrClO2S/c1-6(2)14(12,13)7-3-4-8(10)9(11)5-7/h3-6H,1-2H3. The summed E-state index contributed by atoms with van der Waals surface area (Å²) in [6.07, 6.45) is 0. The lowest BCUT2D eigenvalue weighted by atomic mass is 10.4. The van der Waals surface area contributed by atoms with Crippen LogP contribution in [0.1, 0.15) is 13.8 Å². The molecule has 0 radical (unpaired) electrons. The van der Waals surface area contributed by atoms with E-state index in [0.29, 0.717) is 9.50 Å². The maximum absolute atomic E-state index is 11.7. The van der Waals surface area contributed by atoms with Gasteiger partial charge >= 0.3 is 0 Å². The maximum Gasteiger partial charge on any atom is 0.180 e. The number of halogens is 2. The van der Waals surface area contributed by atoms with E-state index in [-0.39, 0.29) is 4.90 Å². The van der Waals surface area contributed by atoms with Crippen LogP contribution >= 0.6 is 27.5 Å². The number of sulfone groups is 1. The number of benzene rings is 1. The van der Waals surface area contributed by atoms with Gasteiger partial charge in [-0.1, -0.05) is 11.6 Å². The van der Waals surface area contributed by atoms with Crippen LogP contribution in [-0.2, 0) is 9.84 Å². The normalized spacial score (nSPS) is 12.1. The summed E-state index contributed by atoms with van der Waals surface area (Å²) in [6, 6.07) is 4.64. The van der Waals surface area contributed by atoms with E-state index in [1.165, 1.54) is 6.07 Å². The van der Waals surface area contributed by atoms with E-state index >= 15 is 0 Å². The molecule has 0 aromatic heterocycles. The summed E-state index contributed by atoms with van der Waals surface area (Å²) in [6.45, 7) is 3.29. The van der Waals surface area contributed by atoms with Gasteiger partial charge in [-0.15, -0.1) is 0 Å². The van der Waals surface area contributed by atoms with Crippen molar-refractivity contribution in [3.05, 3.63) is 27.7 Å². The van der Waals surface area contributed by atoms with Crippen molar-refractivity contribution in [2.75, 3.05) is 0 Å². The molecular formula is C9H10BrClO2S. The van der Waals surface area contributed by atoms with E-state index in [1.807, 2.05) is 0 Å². The summed E-state index contributed by atoms with van der Waals surface area (Å²) in [4.78, 5) is 0.265. The Morgan fingerprint density at radius 1 is 1.36 bits per heavy atom. The number of rotatable bonds is 2. The highest BCUT2D eigenvalue weighted by Gasteiger charge is 2.19. The molecule has 78 valence electrons. The van der Waals surface area contributed by atoms with Crippen LogP contribution in [0.15, 0.2) is 27.6 Å². The number of hydrogen-bond donors (Lipinski definition) is 0. The molecule has 0 amide bonds. The van der Waals surface area contributed by atoms with Crippen molar-refractivity contribution in [3.8, 4) is 0 Å². The van der Waals surface area contributed by atoms with Crippen molar-refractivity contribution >= 4 is 37.4 Å². The Labute approximate surface area is 97.3 Å². The molecular weight excluding hydrogens is 288 g/mol. The van der Waals surface area contributed by atoms with Crippen molar-refractivity contribution in [2.24, 2.45) is 0 Å². The summed E-state index contributed by atoms with van der Waals surface area (Å²) >= 11 is 9.02. The highest BCUT2D eigenvalue weighted by atomic mass is 79.9. The molecule has 0 aliphatic carbocycles. The maximum atomic E-state index is 11.7. The summed E-state index contributed by atoms with van der Waals surface area (Å²) in [5.41, 5.74) is 0. The number of hydrogen-bond acceptors (Lipinski definition) is 2. The first kappa shape index (κ1) is 12.0. The van der Waals surface area contributed by atoms with Crippen LogP contribution in [0.25, 0.3) is 0 Å². The lowest BCUT2D eigenvalue weighted by Crippen LogP contribution is -2.13. The van der Waals surface area contributed by atoms with Crippen LogP contribution in [0.3, 0.4) is 0 Å². The molecule has 0 unspecified atom stereocenters. The summed E-state index contributed by atoms with van der Waals surface area (Å²) in [7, 11) is -3.22. The van der Waals surface area contributed by atoms with E-state index < -0.39 is 15.1 Å². The monoisotopic (exact) mass is 296 g/mol. The van der Waals surface area contributed by atoms with E-state index in [4.69, 9.17) is 11.6 Å². The predicted octanol–water partition coefficient (Wildman–Crippen LogP) is 3.28. The molecule has 2 nitrogen and oxygen atoms in total. The summed E-state index contributed by atoms with van der Waals surface area (Å²) in [5.74, 6) is 0. The lowest BCUT2D eigenvalue weighted by molar-refractivity contribution is 0.587. The van der Waals surface area contributed by atoms with Crippen molar-refractivity contribution in [1.82, 2.24) is 0 Å². The van der Waals surface area contributed by atoms with Gasteiger partial charge in [0.15, 0.2) is 9.84 Å². The third kappa shape index (κ3) is 2.30. The minimum atomic E-state index is -3.22. The molecule has 0 atom stereocenters. The molecule has 1 aromatic carbocycles. The van der Waals surface area contributed by atoms with Crippen LogP contribution in [0, 0.1) is 0 Å². The fraction of sp³-hybridized carbons (Fsp3) is 0.333. The first-order valence-corrected chi connectivity index (χ1v) is 6.76. The van der Waals surface area contributed by atoms with Gasteiger partial charge in [-0.3, -0.25) is 0 Å². The van der Waals surface area contributed by atoms with Crippen molar-refractivity contribution in [1.29, 1.82) is 0 Å². The van der Waals surface area contributed by atoms with Crippen LogP contribution in [0.2, 0.25) is 5.02 Å². The van der Waals surface area contributed by atoms with E-state index in [1.54, 1.807) is 26.0 Å².